The van der Waals surface area contributed by atoms with Gasteiger partial charge < -0.3 is 9.30 Å². The number of ether oxygens (including phenoxy) is 1. The molecule has 0 unspecified atom stereocenters. The first-order chi connectivity index (χ1) is 13.1. The number of esters is 1. The zero-order valence-electron chi connectivity index (χ0n) is 15.2. The first-order valence-corrected chi connectivity index (χ1v) is 8.50. The van der Waals surface area contributed by atoms with Crippen molar-refractivity contribution in [3.63, 3.8) is 0 Å². The number of hydrazone groups is 1. The molecule has 2 aromatic carbocycles. The van der Waals surface area contributed by atoms with Gasteiger partial charge in [-0.1, -0.05) is 24.3 Å². The molecule has 0 spiro atoms. The molecule has 0 saturated heterocycles. The van der Waals surface area contributed by atoms with Crippen LogP contribution in [0.1, 0.15) is 28.2 Å². The molecule has 0 atom stereocenters. The molecular formula is C20H20N4O3. The van der Waals surface area contributed by atoms with Crippen molar-refractivity contribution < 1.29 is 14.3 Å². The standard InChI is InChI=1S/C20H20N4O3/c1-14-22-17-5-3-4-6-18(17)24(14)12-11-19(25)23-21-13-15-7-9-16(10-8-15)20(26)27-2/h3-10,13H,11-12H2,1-2H3,(H,23,25). The summed E-state index contributed by atoms with van der Waals surface area (Å²) in [6.07, 6.45) is 1.82. The Morgan fingerprint density at radius 3 is 2.67 bits per heavy atom. The number of carbonyl (C=O) groups excluding carboxylic acids is 2. The molecule has 0 bridgehead atoms. The smallest absolute Gasteiger partial charge is 0.337 e. The van der Waals surface area contributed by atoms with E-state index in [1.807, 2.05) is 35.8 Å². The van der Waals surface area contributed by atoms with E-state index in [1.165, 1.54) is 13.3 Å². The summed E-state index contributed by atoms with van der Waals surface area (Å²) < 4.78 is 6.66. The lowest BCUT2D eigenvalue weighted by Crippen LogP contribution is -2.19. The van der Waals surface area contributed by atoms with Crippen LogP contribution < -0.4 is 5.43 Å². The summed E-state index contributed by atoms with van der Waals surface area (Å²) in [5.41, 5.74) is 5.67. The number of nitrogens with zero attached hydrogens (tertiary/aromatic N) is 3. The fraction of sp³-hybridized carbons (Fsp3) is 0.200. The highest BCUT2D eigenvalue weighted by atomic mass is 16.5. The van der Waals surface area contributed by atoms with E-state index in [1.54, 1.807) is 24.3 Å². The van der Waals surface area contributed by atoms with E-state index < -0.39 is 5.97 Å². The summed E-state index contributed by atoms with van der Waals surface area (Å²) in [5.74, 6) is 0.293. The predicted octanol–water partition coefficient (Wildman–Crippen LogP) is 2.67. The quantitative estimate of drug-likeness (QED) is 0.414. The van der Waals surface area contributed by atoms with Gasteiger partial charge in [-0.3, -0.25) is 4.79 Å². The predicted molar refractivity (Wildman–Crippen MR) is 103 cm³/mol. The van der Waals surface area contributed by atoms with Crippen LogP contribution in [0, 0.1) is 6.92 Å². The van der Waals surface area contributed by atoms with Gasteiger partial charge in [0.2, 0.25) is 5.91 Å². The molecule has 1 heterocycles. The summed E-state index contributed by atoms with van der Waals surface area (Å²) >= 11 is 0. The third-order valence-corrected chi connectivity index (χ3v) is 4.14. The summed E-state index contributed by atoms with van der Waals surface area (Å²) in [5, 5.41) is 3.96. The number of hydrogen-bond donors (Lipinski definition) is 1. The van der Waals surface area contributed by atoms with E-state index in [-0.39, 0.29) is 5.91 Å². The first-order valence-electron chi connectivity index (χ1n) is 8.50. The second-order valence-electron chi connectivity index (χ2n) is 5.96. The lowest BCUT2D eigenvalue weighted by molar-refractivity contribution is -0.121. The summed E-state index contributed by atoms with van der Waals surface area (Å²) in [7, 11) is 1.33. The van der Waals surface area contributed by atoms with Crippen LogP contribution in [-0.2, 0) is 16.1 Å². The van der Waals surface area contributed by atoms with Crippen LogP contribution in [0.2, 0.25) is 0 Å². The van der Waals surface area contributed by atoms with Crippen LogP contribution in [0.3, 0.4) is 0 Å². The normalized spacial score (nSPS) is 11.0. The Balaban J connectivity index is 1.54. The van der Waals surface area contributed by atoms with Crippen molar-refractivity contribution >= 4 is 29.1 Å². The Morgan fingerprint density at radius 1 is 1.19 bits per heavy atom. The number of nitrogens with one attached hydrogen (secondary N) is 1. The number of rotatable bonds is 6. The Labute approximate surface area is 156 Å². The molecule has 0 radical (unpaired) electrons. The van der Waals surface area contributed by atoms with Gasteiger partial charge in [-0.25, -0.2) is 15.2 Å². The van der Waals surface area contributed by atoms with Crippen LogP contribution in [0.4, 0.5) is 0 Å². The number of fused-ring (bicyclic) bond motifs is 1. The van der Waals surface area contributed by atoms with E-state index in [2.05, 4.69) is 20.2 Å². The summed E-state index contributed by atoms with van der Waals surface area (Å²) in [4.78, 5) is 27.9. The number of aryl methyl sites for hydroxylation is 2. The number of para-hydroxylation sites is 2. The molecule has 3 aromatic rings. The maximum absolute atomic E-state index is 12.0. The third kappa shape index (κ3) is 4.38. The molecule has 0 fully saturated rings. The van der Waals surface area contributed by atoms with Crippen molar-refractivity contribution in [2.45, 2.75) is 19.9 Å². The molecule has 27 heavy (non-hydrogen) atoms. The Kier molecular flexibility index (Phi) is 5.61. The van der Waals surface area contributed by atoms with E-state index in [9.17, 15) is 9.59 Å². The molecule has 7 nitrogen and oxygen atoms in total. The molecule has 1 aromatic heterocycles. The Bertz CT molecular complexity index is 990. The molecule has 3 rings (SSSR count). The molecule has 0 aliphatic heterocycles. The average Bonchev–Trinajstić information content (AvgIpc) is 3.01. The number of carbonyl (C=O) groups is 2. The second-order valence-corrected chi connectivity index (χ2v) is 5.96. The first kappa shape index (κ1) is 18.3. The molecule has 1 amide bonds. The topological polar surface area (TPSA) is 85.6 Å². The lowest BCUT2D eigenvalue weighted by atomic mass is 10.1. The highest BCUT2D eigenvalue weighted by Gasteiger charge is 2.08. The van der Waals surface area contributed by atoms with Gasteiger partial charge in [0.15, 0.2) is 0 Å². The molecule has 7 heteroatoms. The fourth-order valence-electron chi connectivity index (χ4n) is 2.75. The molecule has 0 aliphatic carbocycles. The molecule has 0 saturated carbocycles. The van der Waals surface area contributed by atoms with Crippen molar-refractivity contribution in [2.24, 2.45) is 5.10 Å². The zero-order valence-corrected chi connectivity index (χ0v) is 15.2. The Hall–Kier alpha value is -3.48. The van der Waals surface area contributed by atoms with Crippen molar-refractivity contribution in [1.82, 2.24) is 15.0 Å². The van der Waals surface area contributed by atoms with Crippen LogP contribution in [0.5, 0.6) is 0 Å². The number of aromatic nitrogens is 2. The van der Waals surface area contributed by atoms with Crippen LogP contribution in [0.15, 0.2) is 53.6 Å². The van der Waals surface area contributed by atoms with E-state index >= 15 is 0 Å². The van der Waals surface area contributed by atoms with Gasteiger partial charge in [-0.15, -0.1) is 0 Å². The van der Waals surface area contributed by atoms with Crippen molar-refractivity contribution in [3.8, 4) is 0 Å². The average molecular weight is 364 g/mol. The van der Waals surface area contributed by atoms with Gasteiger partial charge in [0, 0.05) is 13.0 Å². The number of methoxy groups -OCH3 is 1. The maximum atomic E-state index is 12.0. The minimum atomic E-state index is -0.394. The van der Waals surface area contributed by atoms with E-state index in [4.69, 9.17) is 0 Å². The van der Waals surface area contributed by atoms with E-state index in [0.29, 0.717) is 18.5 Å². The minimum Gasteiger partial charge on any atom is -0.465 e. The number of benzene rings is 2. The summed E-state index contributed by atoms with van der Waals surface area (Å²) in [6, 6.07) is 14.6. The SMILES string of the molecule is COC(=O)c1ccc(C=NNC(=O)CCn2c(C)nc3ccccc32)cc1. The zero-order chi connectivity index (χ0) is 19.2. The summed E-state index contributed by atoms with van der Waals surface area (Å²) in [6.45, 7) is 2.45. The third-order valence-electron chi connectivity index (χ3n) is 4.14. The Morgan fingerprint density at radius 2 is 1.93 bits per heavy atom. The van der Waals surface area contributed by atoms with Gasteiger partial charge in [0.05, 0.1) is 29.9 Å². The van der Waals surface area contributed by atoms with E-state index in [0.717, 1.165) is 22.4 Å². The van der Waals surface area contributed by atoms with Crippen LogP contribution >= 0.6 is 0 Å². The van der Waals surface area contributed by atoms with Gasteiger partial charge in [0.25, 0.3) is 0 Å². The lowest BCUT2D eigenvalue weighted by Gasteiger charge is -2.06. The molecule has 0 aliphatic rings. The number of imidazole rings is 1. The largest absolute Gasteiger partial charge is 0.465 e. The van der Waals surface area contributed by atoms with Gasteiger partial charge in [0.1, 0.15) is 5.82 Å². The highest BCUT2D eigenvalue weighted by molar-refractivity contribution is 5.90. The maximum Gasteiger partial charge on any atom is 0.337 e. The van der Waals surface area contributed by atoms with Crippen LogP contribution in [0.25, 0.3) is 11.0 Å². The highest BCUT2D eigenvalue weighted by Crippen LogP contribution is 2.15. The monoisotopic (exact) mass is 364 g/mol. The van der Waals surface area contributed by atoms with Crippen molar-refractivity contribution in [1.29, 1.82) is 0 Å². The second kappa shape index (κ2) is 8.27. The minimum absolute atomic E-state index is 0.186. The van der Waals surface area contributed by atoms with Crippen LogP contribution in [-0.4, -0.2) is 34.8 Å². The number of amides is 1. The van der Waals surface area contributed by atoms with Gasteiger partial charge in [-0.05, 0) is 36.8 Å². The van der Waals surface area contributed by atoms with Gasteiger partial charge in [-0.2, -0.15) is 5.10 Å². The van der Waals surface area contributed by atoms with Crippen molar-refractivity contribution in [2.75, 3.05) is 7.11 Å². The van der Waals surface area contributed by atoms with Crippen molar-refractivity contribution in [3.05, 3.63) is 65.5 Å². The fourth-order valence-corrected chi connectivity index (χ4v) is 2.75. The molecular weight excluding hydrogens is 344 g/mol. The molecule has 138 valence electrons. The van der Waals surface area contributed by atoms with Gasteiger partial charge >= 0.3 is 5.97 Å². The number of hydrogen-bond acceptors (Lipinski definition) is 5. The molecule has 1 N–H and O–H groups in total.